The Morgan fingerprint density at radius 3 is 2.67 bits per heavy atom. The number of halogens is 4. The highest BCUT2D eigenvalue weighted by atomic mass is 19.3. The maximum atomic E-state index is 12.8. The van der Waals surface area contributed by atoms with Crippen LogP contribution in [-0.4, -0.2) is 48.7 Å². The Balaban J connectivity index is 2.22. The average molecular weight is 308 g/mol. The molecule has 0 saturated carbocycles. The first-order valence-electron chi connectivity index (χ1n) is 5.29. The summed E-state index contributed by atoms with van der Waals surface area (Å²) in [7, 11) is 0. The van der Waals surface area contributed by atoms with Gasteiger partial charge in [-0.3, -0.25) is 5.43 Å². The predicted octanol–water partition coefficient (Wildman–Crippen LogP) is 0.0171. The molecule has 0 aromatic carbocycles. The summed E-state index contributed by atoms with van der Waals surface area (Å²) in [6.07, 6.45) is -1.49. The van der Waals surface area contributed by atoms with E-state index in [0.29, 0.717) is 0 Å². The lowest BCUT2D eigenvalue weighted by Crippen LogP contribution is -2.34. The Labute approximate surface area is 114 Å². The molecule has 2 aromatic rings. The maximum absolute atomic E-state index is 12.8. The van der Waals surface area contributed by atoms with Crippen molar-refractivity contribution in [2.45, 2.75) is 12.3 Å². The molecule has 0 fully saturated rings. The van der Waals surface area contributed by atoms with E-state index in [9.17, 15) is 17.6 Å². The third-order valence-electron chi connectivity index (χ3n) is 2.07. The summed E-state index contributed by atoms with van der Waals surface area (Å²) in [5.74, 6) is 0.384. The molecule has 0 aliphatic heterocycles. The van der Waals surface area contributed by atoms with Crippen molar-refractivity contribution in [1.29, 1.82) is 0 Å². The van der Waals surface area contributed by atoms with Crippen molar-refractivity contribution in [3.05, 3.63) is 12.7 Å². The second-order valence-corrected chi connectivity index (χ2v) is 3.58. The van der Waals surface area contributed by atoms with Crippen molar-refractivity contribution in [3.63, 3.8) is 0 Å². The van der Waals surface area contributed by atoms with E-state index < -0.39 is 25.0 Å². The molecule has 0 unspecified atom stereocenters. The molecular weight excluding hydrogens is 300 g/mol. The van der Waals surface area contributed by atoms with E-state index in [1.165, 1.54) is 12.7 Å². The van der Waals surface area contributed by atoms with Crippen LogP contribution in [0.5, 0.6) is 6.01 Å². The molecule has 9 nitrogen and oxygen atoms in total. The van der Waals surface area contributed by atoms with Crippen LogP contribution in [0, 0.1) is 0 Å². The number of hydrogen-bond acceptors (Lipinski definition) is 8. The van der Waals surface area contributed by atoms with Gasteiger partial charge in [0.2, 0.25) is 5.95 Å². The molecule has 2 rings (SSSR count). The van der Waals surface area contributed by atoms with E-state index in [0.717, 1.165) is 4.68 Å². The minimum atomic E-state index is -4.34. The zero-order chi connectivity index (χ0) is 15.5. The molecule has 0 amide bonds. The van der Waals surface area contributed by atoms with Crippen LogP contribution in [0.3, 0.4) is 0 Å². The van der Waals surface area contributed by atoms with E-state index in [1.807, 2.05) is 0 Å². The van der Waals surface area contributed by atoms with Crippen LogP contribution >= 0.6 is 0 Å². The molecule has 0 spiro atoms. The van der Waals surface area contributed by atoms with Crippen LogP contribution in [0.2, 0.25) is 0 Å². The first-order valence-corrected chi connectivity index (χ1v) is 5.29. The Hall–Kier alpha value is -2.57. The molecule has 0 atom stereocenters. The molecule has 3 N–H and O–H groups in total. The van der Waals surface area contributed by atoms with Gasteiger partial charge in [-0.2, -0.15) is 33.5 Å². The number of hydrogen-bond donors (Lipinski definition) is 2. The Bertz CT molecular complexity index is 592. The summed E-state index contributed by atoms with van der Waals surface area (Å²) in [6, 6.07) is -0.622. The largest absolute Gasteiger partial charge is 0.457 e. The number of nitrogens with zero attached hydrogens (tertiary/aromatic N) is 6. The lowest BCUT2D eigenvalue weighted by Gasteiger charge is -2.15. The van der Waals surface area contributed by atoms with Crippen molar-refractivity contribution in [2.75, 3.05) is 12.0 Å². The number of nitrogens with one attached hydrogen (secondary N) is 1. The van der Waals surface area contributed by atoms with E-state index in [-0.39, 0.29) is 11.9 Å². The summed E-state index contributed by atoms with van der Waals surface area (Å²) >= 11 is 0. The van der Waals surface area contributed by atoms with Gasteiger partial charge in [0.05, 0.1) is 0 Å². The van der Waals surface area contributed by atoms with Crippen molar-refractivity contribution in [3.8, 4) is 12.0 Å². The highest BCUT2D eigenvalue weighted by molar-refractivity contribution is 5.28. The molecule has 2 heterocycles. The standard InChI is InChI=1S/C8H8F4N8O/c9-4(10)8(11,12)1-21-7-17-5(19-13)16-6(18-7)20-3-14-2-15-20/h2-4H,1,13H2,(H,16,17,18,19). The molecule has 0 saturated heterocycles. The zero-order valence-electron chi connectivity index (χ0n) is 10.1. The monoisotopic (exact) mass is 308 g/mol. The van der Waals surface area contributed by atoms with Crippen molar-refractivity contribution in [1.82, 2.24) is 29.7 Å². The van der Waals surface area contributed by atoms with Gasteiger partial charge < -0.3 is 4.74 Å². The van der Waals surface area contributed by atoms with Gasteiger partial charge in [0.15, 0.2) is 6.61 Å². The minimum absolute atomic E-state index is 0.147. The second kappa shape index (κ2) is 5.82. The highest BCUT2D eigenvalue weighted by Gasteiger charge is 2.42. The molecule has 0 bridgehead atoms. The number of hydrazine groups is 1. The molecule has 2 aromatic heterocycles. The summed E-state index contributed by atoms with van der Waals surface area (Å²) in [4.78, 5) is 14.5. The quantitative estimate of drug-likeness (QED) is 0.436. The summed E-state index contributed by atoms with van der Waals surface area (Å²) in [5.41, 5.74) is 2.05. The SMILES string of the molecule is NNc1nc(OCC(F)(F)C(F)F)nc(-n2cncn2)n1. The van der Waals surface area contributed by atoms with Gasteiger partial charge >= 0.3 is 18.4 Å². The molecule has 0 aliphatic carbocycles. The van der Waals surface area contributed by atoms with Crippen LogP contribution in [-0.2, 0) is 0 Å². The van der Waals surface area contributed by atoms with Crippen LogP contribution < -0.4 is 16.0 Å². The van der Waals surface area contributed by atoms with Gasteiger partial charge in [-0.05, 0) is 0 Å². The zero-order valence-corrected chi connectivity index (χ0v) is 10.1. The van der Waals surface area contributed by atoms with Gasteiger partial charge in [0, 0.05) is 0 Å². The predicted molar refractivity (Wildman–Crippen MR) is 59.0 cm³/mol. The Kier molecular flexibility index (Phi) is 4.11. The Morgan fingerprint density at radius 2 is 2.10 bits per heavy atom. The maximum Gasteiger partial charge on any atom is 0.340 e. The number of nitrogens with two attached hydrogens (primary N) is 1. The van der Waals surface area contributed by atoms with Crippen molar-refractivity contribution < 1.29 is 22.3 Å². The first kappa shape index (κ1) is 14.8. The van der Waals surface area contributed by atoms with Gasteiger partial charge in [-0.25, -0.2) is 19.6 Å². The lowest BCUT2D eigenvalue weighted by molar-refractivity contribution is -0.149. The normalized spacial score (nSPS) is 11.7. The van der Waals surface area contributed by atoms with Crippen LogP contribution in [0.4, 0.5) is 23.5 Å². The molecule has 0 radical (unpaired) electrons. The van der Waals surface area contributed by atoms with Gasteiger partial charge in [0.25, 0.3) is 5.95 Å². The summed E-state index contributed by atoms with van der Waals surface area (Å²) < 4.78 is 55.1. The van der Waals surface area contributed by atoms with Gasteiger partial charge in [-0.1, -0.05) is 0 Å². The first-order chi connectivity index (χ1) is 9.92. The number of nitrogen functional groups attached to an aromatic ring is 1. The molecule has 0 aliphatic rings. The fourth-order valence-electron chi connectivity index (χ4n) is 1.11. The van der Waals surface area contributed by atoms with E-state index in [2.05, 4.69) is 35.2 Å². The fraction of sp³-hybridized carbons (Fsp3) is 0.375. The summed E-state index contributed by atoms with van der Waals surface area (Å²) in [5, 5.41) is 3.70. The van der Waals surface area contributed by atoms with Gasteiger partial charge in [-0.15, -0.1) is 0 Å². The molecule has 13 heteroatoms. The van der Waals surface area contributed by atoms with Crippen LogP contribution in [0.1, 0.15) is 0 Å². The second-order valence-electron chi connectivity index (χ2n) is 3.58. The number of ether oxygens (including phenoxy) is 1. The van der Waals surface area contributed by atoms with E-state index >= 15 is 0 Å². The van der Waals surface area contributed by atoms with Crippen molar-refractivity contribution >= 4 is 5.95 Å². The number of anilines is 1. The Morgan fingerprint density at radius 1 is 1.33 bits per heavy atom. The average Bonchev–Trinajstić information content (AvgIpc) is 2.99. The fourth-order valence-corrected chi connectivity index (χ4v) is 1.11. The topological polar surface area (TPSA) is 117 Å². The van der Waals surface area contributed by atoms with E-state index in [4.69, 9.17) is 5.84 Å². The van der Waals surface area contributed by atoms with E-state index in [1.54, 1.807) is 0 Å². The third kappa shape index (κ3) is 3.50. The number of alkyl halides is 4. The van der Waals surface area contributed by atoms with Gasteiger partial charge in [0.1, 0.15) is 12.7 Å². The summed E-state index contributed by atoms with van der Waals surface area (Å²) in [6.45, 7) is -1.60. The lowest BCUT2D eigenvalue weighted by atomic mass is 10.4. The molecule has 114 valence electrons. The molecule has 21 heavy (non-hydrogen) atoms. The number of rotatable bonds is 6. The van der Waals surface area contributed by atoms with Crippen LogP contribution in [0.15, 0.2) is 12.7 Å². The highest BCUT2D eigenvalue weighted by Crippen LogP contribution is 2.23. The molecular formula is C8H8F4N8O. The van der Waals surface area contributed by atoms with Crippen LogP contribution in [0.25, 0.3) is 5.95 Å². The van der Waals surface area contributed by atoms with Crippen molar-refractivity contribution in [2.24, 2.45) is 5.84 Å². The number of aromatic nitrogens is 6. The third-order valence-corrected chi connectivity index (χ3v) is 2.07. The smallest absolute Gasteiger partial charge is 0.340 e. The minimum Gasteiger partial charge on any atom is -0.457 e.